The summed E-state index contributed by atoms with van der Waals surface area (Å²) in [5.41, 5.74) is 3.94. The Morgan fingerprint density at radius 2 is 2.10 bits per heavy atom. The Morgan fingerprint density at radius 3 is 2.86 bits per heavy atom. The van der Waals surface area contributed by atoms with E-state index in [0.717, 1.165) is 5.56 Å². The van der Waals surface area contributed by atoms with E-state index in [9.17, 15) is 9.18 Å². The Kier molecular flexibility index (Phi) is 5.04. The highest BCUT2D eigenvalue weighted by Gasteiger charge is 2.01. The number of aryl methyl sites for hydroxylation is 1. The molecule has 0 aromatic heterocycles. The maximum Gasteiger partial charge on any atom is 0.277 e. The number of halogens is 1. The molecule has 0 aliphatic heterocycles. The lowest BCUT2D eigenvalue weighted by Crippen LogP contribution is -2.24. The molecule has 4 nitrogen and oxygen atoms in total. The van der Waals surface area contributed by atoms with Gasteiger partial charge in [0, 0.05) is 0 Å². The minimum atomic E-state index is -0.385. The van der Waals surface area contributed by atoms with Crippen LogP contribution in [0.5, 0.6) is 5.75 Å². The SMILES string of the molecule is Cc1cccc(OCC(=O)N/N=C\c2cccc(F)c2)c1. The molecule has 0 aliphatic carbocycles. The highest BCUT2D eigenvalue weighted by molar-refractivity contribution is 5.82. The number of hydrogen-bond donors (Lipinski definition) is 1. The van der Waals surface area contributed by atoms with Crippen LogP contribution in [0.2, 0.25) is 0 Å². The molecule has 0 bridgehead atoms. The fraction of sp³-hybridized carbons (Fsp3) is 0.125. The maximum absolute atomic E-state index is 12.9. The molecule has 0 saturated heterocycles. The van der Waals surface area contributed by atoms with Crippen LogP contribution in [0.4, 0.5) is 4.39 Å². The molecule has 0 heterocycles. The van der Waals surface area contributed by atoms with Crippen LogP contribution < -0.4 is 10.2 Å². The van der Waals surface area contributed by atoms with Crippen LogP contribution in [0.25, 0.3) is 0 Å². The molecule has 0 fully saturated rings. The lowest BCUT2D eigenvalue weighted by Gasteiger charge is -2.05. The van der Waals surface area contributed by atoms with Gasteiger partial charge in [-0.2, -0.15) is 5.10 Å². The molecule has 0 aliphatic rings. The van der Waals surface area contributed by atoms with Crippen LogP contribution in [0.3, 0.4) is 0 Å². The summed E-state index contributed by atoms with van der Waals surface area (Å²) in [7, 11) is 0. The second kappa shape index (κ2) is 7.19. The first-order valence-corrected chi connectivity index (χ1v) is 6.40. The van der Waals surface area contributed by atoms with Crippen molar-refractivity contribution in [3.63, 3.8) is 0 Å². The van der Waals surface area contributed by atoms with E-state index in [1.54, 1.807) is 18.2 Å². The van der Waals surface area contributed by atoms with Crippen LogP contribution in [0.15, 0.2) is 53.6 Å². The van der Waals surface area contributed by atoms with Crippen molar-refractivity contribution in [1.82, 2.24) is 5.43 Å². The van der Waals surface area contributed by atoms with E-state index in [0.29, 0.717) is 11.3 Å². The maximum atomic E-state index is 12.9. The van der Waals surface area contributed by atoms with Crippen LogP contribution in [0, 0.1) is 12.7 Å². The quantitative estimate of drug-likeness (QED) is 0.678. The van der Waals surface area contributed by atoms with Crippen molar-refractivity contribution < 1.29 is 13.9 Å². The second-order valence-electron chi connectivity index (χ2n) is 4.45. The van der Waals surface area contributed by atoms with Gasteiger partial charge in [-0.1, -0.05) is 24.3 Å². The van der Waals surface area contributed by atoms with Gasteiger partial charge in [-0.15, -0.1) is 0 Å². The predicted molar refractivity (Wildman–Crippen MR) is 78.8 cm³/mol. The summed E-state index contributed by atoms with van der Waals surface area (Å²) in [6.07, 6.45) is 1.37. The number of nitrogens with zero attached hydrogens (tertiary/aromatic N) is 1. The van der Waals surface area contributed by atoms with E-state index in [4.69, 9.17) is 4.74 Å². The number of rotatable bonds is 5. The topological polar surface area (TPSA) is 50.7 Å². The number of hydrazone groups is 1. The summed E-state index contributed by atoms with van der Waals surface area (Å²) in [4.78, 5) is 11.5. The Hall–Kier alpha value is -2.69. The number of benzene rings is 2. The van der Waals surface area contributed by atoms with E-state index < -0.39 is 0 Å². The minimum absolute atomic E-state index is 0.135. The number of carbonyl (C=O) groups is 1. The van der Waals surface area contributed by atoms with Crippen molar-refractivity contribution in [2.45, 2.75) is 6.92 Å². The first-order chi connectivity index (χ1) is 10.1. The van der Waals surface area contributed by atoms with E-state index in [1.165, 1.54) is 18.3 Å². The molecular formula is C16H15FN2O2. The molecule has 5 heteroatoms. The fourth-order valence-corrected chi connectivity index (χ4v) is 1.65. The summed E-state index contributed by atoms with van der Waals surface area (Å²) in [6.45, 7) is 1.81. The van der Waals surface area contributed by atoms with Crippen LogP contribution >= 0.6 is 0 Å². The van der Waals surface area contributed by atoms with E-state index in [2.05, 4.69) is 10.5 Å². The third-order valence-corrected chi connectivity index (χ3v) is 2.61. The number of carbonyl (C=O) groups excluding carboxylic acids is 1. The molecule has 21 heavy (non-hydrogen) atoms. The third kappa shape index (κ3) is 5.06. The zero-order valence-corrected chi connectivity index (χ0v) is 11.5. The number of amides is 1. The van der Waals surface area contributed by atoms with Gasteiger partial charge in [-0.25, -0.2) is 9.82 Å². The standard InChI is InChI=1S/C16H15FN2O2/c1-12-4-2-7-15(8-12)21-11-16(20)19-18-10-13-5-3-6-14(17)9-13/h2-10H,11H2,1H3,(H,19,20)/b18-10-. The van der Waals surface area contributed by atoms with Gasteiger partial charge in [0.15, 0.2) is 6.61 Å². The van der Waals surface area contributed by atoms with Gasteiger partial charge >= 0.3 is 0 Å². The summed E-state index contributed by atoms with van der Waals surface area (Å²) in [6, 6.07) is 13.3. The zero-order valence-electron chi connectivity index (χ0n) is 11.5. The summed E-state index contributed by atoms with van der Waals surface area (Å²) in [5.74, 6) is -0.114. The molecule has 2 aromatic rings. The average Bonchev–Trinajstić information content (AvgIpc) is 2.45. The Balaban J connectivity index is 1.80. The molecule has 0 radical (unpaired) electrons. The summed E-state index contributed by atoms with van der Waals surface area (Å²) >= 11 is 0. The smallest absolute Gasteiger partial charge is 0.277 e. The highest BCUT2D eigenvalue weighted by Crippen LogP contribution is 2.11. The molecule has 2 aromatic carbocycles. The van der Waals surface area contributed by atoms with Gasteiger partial charge in [-0.3, -0.25) is 4.79 Å². The lowest BCUT2D eigenvalue weighted by molar-refractivity contribution is -0.123. The van der Waals surface area contributed by atoms with Crippen LogP contribution in [-0.4, -0.2) is 18.7 Å². The van der Waals surface area contributed by atoms with Crippen LogP contribution in [-0.2, 0) is 4.79 Å². The molecule has 1 N–H and O–H groups in total. The molecule has 1 amide bonds. The van der Waals surface area contributed by atoms with Crippen molar-refractivity contribution in [2.24, 2.45) is 5.10 Å². The number of hydrogen-bond acceptors (Lipinski definition) is 3. The average molecular weight is 286 g/mol. The Bertz CT molecular complexity index is 656. The van der Waals surface area contributed by atoms with E-state index in [-0.39, 0.29) is 18.3 Å². The Morgan fingerprint density at radius 1 is 1.29 bits per heavy atom. The molecular weight excluding hydrogens is 271 g/mol. The number of ether oxygens (including phenoxy) is 1. The van der Waals surface area contributed by atoms with Gasteiger partial charge in [0.1, 0.15) is 11.6 Å². The highest BCUT2D eigenvalue weighted by atomic mass is 19.1. The van der Waals surface area contributed by atoms with Gasteiger partial charge in [-0.05, 0) is 42.3 Å². The molecule has 108 valence electrons. The first-order valence-electron chi connectivity index (χ1n) is 6.40. The fourth-order valence-electron chi connectivity index (χ4n) is 1.65. The molecule has 0 saturated carbocycles. The molecule has 0 atom stereocenters. The van der Waals surface area contributed by atoms with Gasteiger partial charge in [0.2, 0.25) is 0 Å². The molecule has 0 spiro atoms. The molecule has 0 unspecified atom stereocenters. The normalized spacial score (nSPS) is 10.6. The first kappa shape index (κ1) is 14.7. The van der Waals surface area contributed by atoms with Gasteiger partial charge in [0.05, 0.1) is 6.21 Å². The van der Waals surface area contributed by atoms with Crippen molar-refractivity contribution in [2.75, 3.05) is 6.61 Å². The molecule has 2 rings (SSSR count). The van der Waals surface area contributed by atoms with E-state index in [1.807, 2.05) is 25.1 Å². The largest absolute Gasteiger partial charge is 0.484 e. The van der Waals surface area contributed by atoms with Crippen molar-refractivity contribution in [1.29, 1.82) is 0 Å². The minimum Gasteiger partial charge on any atom is -0.484 e. The Labute approximate surface area is 122 Å². The van der Waals surface area contributed by atoms with Crippen molar-refractivity contribution in [3.8, 4) is 5.75 Å². The summed E-state index contributed by atoms with van der Waals surface area (Å²) < 4.78 is 18.2. The zero-order chi connectivity index (χ0) is 15.1. The van der Waals surface area contributed by atoms with Gasteiger partial charge in [0.25, 0.3) is 5.91 Å². The number of nitrogens with one attached hydrogen (secondary N) is 1. The van der Waals surface area contributed by atoms with Crippen molar-refractivity contribution in [3.05, 3.63) is 65.5 Å². The van der Waals surface area contributed by atoms with Gasteiger partial charge < -0.3 is 4.74 Å². The van der Waals surface area contributed by atoms with Crippen molar-refractivity contribution >= 4 is 12.1 Å². The second-order valence-corrected chi connectivity index (χ2v) is 4.45. The lowest BCUT2D eigenvalue weighted by atomic mass is 10.2. The monoisotopic (exact) mass is 286 g/mol. The third-order valence-electron chi connectivity index (χ3n) is 2.61. The summed E-state index contributed by atoms with van der Waals surface area (Å²) in [5, 5.41) is 3.74. The van der Waals surface area contributed by atoms with Crippen LogP contribution in [0.1, 0.15) is 11.1 Å². The predicted octanol–water partition coefficient (Wildman–Crippen LogP) is 2.66. The van der Waals surface area contributed by atoms with E-state index >= 15 is 0 Å².